The van der Waals surface area contributed by atoms with Crippen LogP contribution in [0.25, 0.3) is 10.8 Å². The van der Waals surface area contributed by atoms with E-state index in [1.807, 2.05) is 49.4 Å². The third-order valence-corrected chi connectivity index (χ3v) is 5.72. The van der Waals surface area contributed by atoms with E-state index >= 15 is 0 Å². The number of likely N-dealkylation sites (N-methyl/N-ethyl adjacent to an activating group) is 1. The molecule has 3 aromatic carbocycles. The molecule has 1 N–H and O–H groups in total. The molecule has 0 bridgehead atoms. The molecule has 0 aliphatic heterocycles. The van der Waals surface area contributed by atoms with Gasteiger partial charge in [-0.05, 0) is 37.4 Å². The lowest BCUT2D eigenvalue weighted by Crippen LogP contribution is -2.49. The third kappa shape index (κ3) is 5.49. The maximum Gasteiger partial charge on any atom is 0.261 e. The number of hydrogen-bond acceptors (Lipinski definition) is 3. The number of ether oxygens (including phenoxy) is 1. The normalized spacial score (nSPS) is 11.7. The standard InChI is InChI=1S/C24H24Cl2N2O3/c1-3-27-24(30)16(2)28(14-19-20(25)11-7-12-21(19)26)23(29)15-31-22-13-6-9-17-8-4-5-10-18(17)22/h4-13,16H,3,14-15H2,1-2H3,(H,27,30). The number of rotatable bonds is 8. The summed E-state index contributed by atoms with van der Waals surface area (Å²) < 4.78 is 5.86. The van der Waals surface area contributed by atoms with E-state index in [0.29, 0.717) is 27.9 Å². The van der Waals surface area contributed by atoms with Crippen molar-refractivity contribution >= 4 is 45.8 Å². The molecule has 0 fully saturated rings. The lowest BCUT2D eigenvalue weighted by atomic mass is 10.1. The minimum absolute atomic E-state index is 0.0918. The molecule has 0 radical (unpaired) electrons. The Morgan fingerprint density at radius 3 is 2.35 bits per heavy atom. The summed E-state index contributed by atoms with van der Waals surface area (Å²) in [5, 5.41) is 5.55. The third-order valence-electron chi connectivity index (χ3n) is 5.01. The summed E-state index contributed by atoms with van der Waals surface area (Å²) in [6.07, 6.45) is 0. The number of carbonyl (C=O) groups excluding carboxylic acids is 2. The van der Waals surface area contributed by atoms with Crippen molar-refractivity contribution in [3.63, 3.8) is 0 Å². The van der Waals surface area contributed by atoms with E-state index in [4.69, 9.17) is 27.9 Å². The van der Waals surface area contributed by atoms with Crippen LogP contribution in [0.2, 0.25) is 10.0 Å². The number of nitrogens with zero attached hydrogens (tertiary/aromatic N) is 1. The SMILES string of the molecule is CCNC(=O)C(C)N(Cc1c(Cl)cccc1Cl)C(=O)COc1cccc2ccccc12. The first kappa shape index (κ1) is 22.9. The molecular weight excluding hydrogens is 435 g/mol. The molecule has 0 spiro atoms. The molecule has 0 aliphatic rings. The molecule has 0 aliphatic carbocycles. The highest BCUT2D eigenvalue weighted by Crippen LogP contribution is 2.28. The van der Waals surface area contributed by atoms with Crippen LogP contribution in [-0.2, 0) is 16.1 Å². The van der Waals surface area contributed by atoms with Crippen LogP contribution in [0.1, 0.15) is 19.4 Å². The smallest absolute Gasteiger partial charge is 0.261 e. The molecule has 1 unspecified atom stereocenters. The summed E-state index contributed by atoms with van der Waals surface area (Å²) in [5.74, 6) is -0.000278. The van der Waals surface area contributed by atoms with Crippen LogP contribution in [0.15, 0.2) is 60.7 Å². The van der Waals surface area contributed by atoms with Gasteiger partial charge in [0, 0.05) is 34.1 Å². The Morgan fingerprint density at radius 1 is 1.00 bits per heavy atom. The van der Waals surface area contributed by atoms with Gasteiger partial charge in [0.2, 0.25) is 5.91 Å². The van der Waals surface area contributed by atoms with Crippen LogP contribution in [0.4, 0.5) is 0 Å². The van der Waals surface area contributed by atoms with Gasteiger partial charge < -0.3 is 15.0 Å². The zero-order valence-corrected chi connectivity index (χ0v) is 18.9. The predicted octanol–water partition coefficient (Wildman–Crippen LogP) is 5.08. The van der Waals surface area contributed by atoms with Crippen molar-refractivity contribution < 1.29 is 14.3 Å². The van der Waals surface area contributed by atoms with Gasteiger partial charge >= 0.3 is 0 Å². The fourth-order valence-corrected chi connectivity index (χ4v) is 3.82. The van der Waals surface area contributed by atoms with Crippen molar-refractivity contribution in [3.05, 3.63) is 76.3 Å². The van der Waals surface area contributed by atoms with Crippen molar-refractivity contribution in [2.75, 3.05) is 13.2 Å². The fraction of sp³-hybridized carbons (Fsp3) is 0.250. The van der Waals surface area contributed by atoms with Gasteiger partial charge in [0.05, 0.1) is 0 Å². The van der Waals surface area contributed by atoms with Crippen LogP contribution >= 0.6 is 23.2 Å². The fourth-order valence-electron chi connectivity index (χ4n) is 3.30. The second-order valence-corrected chi connectivity index (χ2v) is 7.87. The Kier molecular flexibility index (Phi) is 7.77. The average molecular weight is 459 g/mol. The van der Waals surface area contributed by atoms with Gasteiger partial charge in [0.15, 0.2) is 6.61 Å². The molecule has 3 aromatic rings. The van der Waals surface area contributed by atoms with E-state index in [2.05, 4.69) is 5.32 Å². The van der Waals surface area contributed by atoms with E-state index in [1.165, 1.54) is 4.90 Å². The number of hydrogen-bond donors (Lipinski definition) is 1. The first-order valence-corrected chi connectivity index (χ1v) is 10.8. The van der Waals surface area contributed by atoms with Crippen LogP contribution in [0.3, 0.4) is 0 Å². The maximum absolute atomic E-state index is 13.2. The number of benzene rings is 3. The number of carbonyl (C=O) groups is 2. The van der Waals surface area contributed by atoms with Gasteiger partial charge in [0.1, 0.15) is 11.8 Å². The largest absolute Gasteiger partial charge is 0.483 e. The zero-order valence-electron chi connectivity index (χ0n) is 17.4. The van der Waals surface area contributed by atoms with Gasteiger partial charge in [-0.2, -0.15) is 0 Å². The minimum Gasteiger partial charge on any atom is -0.483 e. The molecule has 0 saturated carbocycles. The second-order valence-electron chi connectivity index (χ2n) is 7.06. The highest BCUT2D eigenvalue weighted by atomic mass is 35.5. The van der Waals surface area contributed by atoms with Gasteiger partial charge in [-0.1, -0.05) is 65.7 Å². The summed E-state index contributed by atoms with van der Waals surface area (Å²) >= 11 is 12.6. The second kappa shape index (κ2) is 10.5. The molecular formula is C24H24Cl2N2O3. The van der Waals surface area contributed by atoms with E-state index in [0.717, 1.165) is 10.8 Å². The highest BCUT2D eigenvalue weighted by molar-refractivity contribution is 6.36. The van der Waals surface area contributed by atoms with Gasteiger partial charge in [-0.25, -0.2) is 0 Å². The lowest BCUT2D eigenvalue weighted by molar-refractivity contribution is -0.142. The Hall–Kier alpha value is -2.76. The number of fused-ring (bicyclic) bond motifs is 1. The van der Waals surface area contributed by atoms with Crippen molar-refractivity contribution in [1.29, 1.82) is 0 Å². The maximum atomic E-state index is 13.2. The number of halogens is 2. The predicted molar refractivity (Wildman–Crippen MR) is 125 cm³/mol. The summed E-state index contributed by atoms with van der Waals surface area (Å²) in [6, 6.07) is 17.9. The number of nitrogens with one attached hydrogen (secondary N) is 1. The molecule has 0 heterocycles. The average Bonchev–Trinajstić information content (AvgIpc) is 2.77. The quantitative estimate of drug-likeness (QED) is 0.511. The van der Waals surface area contributed by atoms with Crippen molar-refractivity contribution in [2.24, 2.45) is 0 Å². The van der Waals surface area contributed by atoms with Crippen molar-refractivity contribution in [1.82, 2.24) is 10.2 Å². The lowest BCUT2D eigenvalue weighted by Gasteiger charge is -2.29. The summed E-state index contributed by atoms with van der Waals surface area (Å²) in [4.78, 5) is 27.1. The summed E-state index contributed by atoms with van der Waals surface area (Å²) in [6.45, 7) is 3.83. The van der Waals surface area contributed by atoms with E-state index in [9.17, 15) is 9.59 Å². The van der Waals surface area contributed by atoms with Crippen LogP contribution in [0.5, 0.6) is 5.75 Å². The minimum atomic E-state index is -0.726. The van der Waals surface area contributed by atoms with E-state index in [1.54, 1.807) is 25.1 Å². The van der Waals surface area contributed by atoms with Gasteiger partial charge in [-0.3, -0.25) is 9.59 Å². The summed E-state index contributed by atoms with van der Waals surface area (Å²) in [5.41, 5.74) is 0.584. The van der Waals surface area contributed by atoms with Crippen LogP contribution in [0, 0.1) is 0 Å². The molecule has 2 amide bonds. The highest BCUT2D eigenvalue weighted by Gasteiger charge is 2.27. The van der Waals surface area contributed by atoms with Crippen molar-refractivity contribution in [3.8, 4) is 5.75 Å². The van der Waals surface area contributed by atoms with Gasteiger partial charge in [-0.15, -0.1) is 0 Å². The molecule has 0 aromatic heterocycles. The van der Waals surface area contributed by atoms with Gasteiger partial charge in [0.25, 0.3) is 5.91 Å². The monoisotopic (exact) mass is 458 g/mol. The van der Waals surface area contributed by atoms with Crippen LogP contribution in [-0.4, -0.2) is 35.9 Å². The Balaban J connectivity index is 1.83. The number of amides is 2. The Labute approximate surface area is 191 Å². The molecule has 3 rings (SSSR count). The molecule has 5 nitrogen and oxygen atoms in total. The Morgan fingerprint density at radius 2 is 1.65 bits per heavy atom. The molecule has 31 heavy (non-hydrogen) atoms. The summed E-state index contributed by atoms with van der Waals surface area (Å²) in [7, 11) is 0. The molecule has 0 saturated heterocycles. The van der Waals surface area contributed by atoms with Crippen molar-refractivity contribution in [2.45, 2.75) is 26.4 Å². The Bertz CT molecular complexity index is 1060. The van der Waals surface area contributed by atoms with Crippen LogP contribution < -0.4 is 10.1 Å². The first-order valence-electron chi connectivity index (χ1n) is 10.0. The topological polar surface area (TPSA) is 58.6 Å². The first-order chi connectivity index (χ1) is 14.9. The zero-order chi connectivity index (χ0) is 22.4. The van der Waals surface area contributed by atoms with E-state index in [-0.39, 0.29) is 25.0 Å². The molecule has 1 atom stereocenters. The van der Waals surface area contributed by atoms with E-state index < -0.39 is 6.04 Å². The molecule has 7 heteroatoms. The molecule has 162 valence electrons.